The summed E-state index contributed by atoms with van der Waals surface area (Å²) in [6.07, 6.45) is 3.35. The number of nitrogens with zero attached hydrogens (tertiary/aromatic N) is 4. The Bertz CT molecular complexity index is 1070. The number of aryl methyl sites for hydroxylation is 1. The molecule has 1 saturated heterocycles. The van der Waals surface area contributed by atoms with Crippen molar-refractivity contribution in [1.29, 1.82) is 0 Å². The van der Waals surface area contributed by atoms with Crippen molar-refractivity contribution in [2.75, 3.05) is 37.6 Å². The number of aliphatic hydroxyl groups is 1. The number of rotatable bonds is 9. The van der Waals surface area contributed by atoms with Crippen LogP contribution in [0.15, 0.2) is 54.6 Å². The average Bonchev–Trinajstić information content (AvgIpc) is 2.85. The zero-order chi connectivity index (χ0) is 23.9. The Kier molecular flexibility index (Phi) is 8.25. The number of aliphatic hydroxyl groups excluding tert-OH is 1. The molecule has 0 spiro atoms. The fourth-order valence-corrected chi connectivity index (χ4v) is 4.59. The van der Waals surface area contributed by atoms with E-state index in [0.29, 0.717) is 12.2 Å². The second kappa shape index (κ2) is 11.5. The molecule has 0 radical (unpaired) electrons. The first-order valence-corrected chi connectivity index (χ1v) is 12.4. The molecule has 5 nitrogen and oxygen atoms in total. The predicted octanol–water partition coefficient (Wildman–Crippen LogP) is 4.86. The largest absolute Gasteiger partial charge is 0.392 e. The van der Waals surface area contributed by atoms with Gasteiger partial charge in [0.25, 0.3) is 0 Å². The highest BCUT2D eigenvalue weighted by molar-refractivity contribution is 5.61. The van der Waals surface area contributed by atoms with Crippen molar-refractivity contribution in [3.8, 4) is 11.4 Å². The van der Waals surface area contributed by atoms with E-state index in [2.05, 4.69) is 16.7 Å². The van der Waals surface area contributed by atoms with Gasteiger partial charge in [-0.1, -0.05) is 62.2 Å². The molecule has 0 unspecified atom stereocenters. The summed E-state index contributed by atoms with van der Waals surface area (Å²) in [5.74, 6) is 1.42. The average molecular weight is 463 g/mol. The maximum Gasteiger partial charge on any atom is 0.161 e. The SMILES string of the molecule is CCCC[C@H](O)CN1CCN(c2nc(-c3ccccc3)nc(C)c2Cc2cccc(F)c2)CC1. The number of halogens is 1. The maximum absolute atomic E-state index is 13.9. The van der Waals surface area contributed by atoms with Crippen LogP contribution in [0.5, 0.6) is 0 Å². The highest BCUT2D eigenvalue weighted by Crippen LogP contribution is 2.28. The van der Waals surface area contributed by atoms with E-state index in [1.165, 1.54) is 6.07 Å². The number of hydrogen-bond donors (Lipinski definition) is 1. The van der Waals surface area contributed by atoms with Crippen LogP contribution in [0.25, 0.3) is 11.4 Å². The molecule has 0 aliphatic carbocycles. The van der Waals surface area contributed by atoms with E-state index in [0.717, 1.165) is 80.2 Å². The number of anilines is 1. The first-order valence-electron chi connectivity index (χ1n) is 12.4. The summed E-state index contributed by atoms with van der Waals surface area (Å²) >= 11 is 0. The second-order valence-electron chi connectivity index (χ2n) is 9.19. The topological polar surface area (TPSA) is 52.5 Å². The molecule has 1 aromatic heterocycles. The zero-order valence-electron chi connectivity index (χ0n) is 20.3. The molecule has 0 amide bonds. The van der Waals surface area contributed by atoms with Crippen molar-refractivity contribution >= 4 is 5.82 Å². The highest BCUT2D eigenvalue weighted by Gasteiger charge is 2.24. The molecule has 34 heavy (non-hydrogen) atoms. The van der Waals surface area contributed by atoms with E-state index in [4.69, 9.17) is 9.97 Å². The van der Waals surface area contributed by atoms with Gasteiger partial charge in [-0.15, -0.1) is 0 Å². The van der Waals surface area contributed by atoms with Gasteiger partial charge in [-0.25, -0.2) is 14.4 Å². The van der Waals surface area contributed by atoms with Crippen LogP contribution in [-0.4, -0.2) is 58.8 Å². The van der Waals surface area contributed by atoms with Gasteiger partial charge in [0.15, 0.2) is 5.82 Å². The first kappa shape index (κ1) is 24.3. The van der Waals surface area contributed by atoms with Crippen LogP contribution in [0.2, 0.25) is 0 Å². The lowest BCUT2D eigenvalue weighted by atomic mass is 10.0. The predicted molar refractivity (Wildman–Crippen MR) is 136 cm³/mol. The van der Waals surface area contributed by atoms with Gasteiger partial charge >= 0.3 is 0 Å². The highest BCUT2D eigenvalue weighted by atomic mass is 19.1. The smallest absolute Gasteiger partial charge is 0.161 e. The molecule has 3 aromatic rings. The minimum Gasteiger partial charge on any atom is -0.392 e. The van der Waals surface area contributed by atoms with E-state index in [1.54, 1.807) is 12.1 Å². The number of aromatic nitrogens is 2. The number of hydrogen-bond acceptors (Lipinski definition) is 5. The van der Waals surface area contributed by atoms with Crippen LogP contribution in [0.3, 0.4) is 0 Å². The van der Waals surface area contributed by atoms with Gasteiger partial charge in [-0.2, -0.15) is 0 Å². The molecule has 1 atom stereocenters. The Morgan fingerprint density at radius 1 is 1.00 bits per heavy atom. The molecule has 1 aliphatic heterocycles. The summed E-state index contributed by atoms with van der Waals surface area (Å²) < 4.78 is 13.9. The third-order valence-electron chi connectivity index (χ3n) is 6.53. The van der Waals surface area contributed by atoms with E-state index < -0.39 is 0 Å². The summed E-state index contributed by atoms with van der Waals surface area (Å²) in [5, 5.41) is 10.3. The number of piperazine rings is 1. The van der Waals surface area contributed by atoms with Crippen LogP contribution < -0.4 is 4.90 Å². The second-order valence-corrected chi connectivity index (χ2v) is 9.19. The Balaban J connectivity index is 1.58. The van der Waals surface area contributed by atoms with E-state index in [-0.39, 0.29) is 11.9 Å². The molecule has 2 heterocycles. The monoisotopic (exact) mass is 462 g/mol. The van der Waals surface area contributed by atoms with Crippen molar-refractivity contribution in [2.24, 2.45) is 0 Å². The normalized spacial score (nSPS) is 15.5. The number of benzene rings is 2. The quantitative estimate of drug-likeness (QED) is 0.492. The van der Waals surface area contributed by atoms with Gasteiger partial charge in [-0.3, -0.25) is 4.90 Å². The van der Waals surface area contributed by atoms with Crippen LogP contribution in [0.1, 0.15) is 43.0 Å². The Morgan fingerprint density at radius 2 is 1.76 bits per heavy atom. The molecular formula is C28H35FN4O. The Morgan fingerprint density at radius 3 is 2.47 bits per heavy atom. The van der Waals surface area contributed by atoms with Crippen molar-refractivity contribution in [1.82, 2.24) is 14.9 Å². The molecule has 6 heteroatoms. The summed E-state index contributed by atoms with van der Waals surface area (Å²) in [6, 6.07) is 16.8. The third-order valence-corrected chi connectivity index (χ3v) is 6.53. The fraction of sp³-hybridized carbons (Fsp3) is 0.429. The van der Waals surface area contributed by atoms with E-state index in [9.17, 15) is 9.50 Å². The lowest BCUT2D eigenvalue weighted by Gasteiger charge is -2.37. The van der Waals surface area contributed by atoms with Crippen molar-refractivity contribution in [2.45, 2.75) is 45.6 Å². The van der Waals surface area contributed by atoms with Crippen LogP contribution in [0, 0.1) is 12.7 Å². The van der Waals surface area contributed by atoms with E-state index in [1.807, 2.05) is 43.3 Å². The minimum atomic E-state index is -0.263. The zero-order valence-corrected chi connectivity index (χ0v) is 20.3. The molecule has 0 bridgehead atoms. The summed E-state index contributed by atoms with van der Waals surface area (Å²) in [4.78, 5) is 14.5. The lowest BCUT2D eigenvalue weighted by molar-refractivity contribution is 0.100. The summed E-state index contributed by atoms with van der Waals surface area (Å²) in [7, 11) is 0. The number of β-amino-alcohol motifs (C(OH)–C–C–N with tert-alkyl or cyclic N) is 1. The van der Waals surface area contributed by atoms with E-state index >= 15 is 0 Å². The van der Waals surface area contributed by atoms with Gasteiger partial charge in [0.05, 0.1) is 6.10 Å². The summed E-state index contributed by atoms with van der Waals surface area (Å²) in [5.41, 5.74) is 3.87. The molecule has 4 rings (SSSR count). The third kappa shape index (κ3) is 6.19. The molecule has 2 aromatic carbocycles. The first-order chi connectivity index (χ1) is 16.5. The molecule has 1 N–H and O–H groups in total. The molecule has 1 fully saturated rings. The minimum absolute atomic E-state index is 0.228. The molecular weight excluding hydrogens is 427 g/mol. The fourth-order valence-electron chi connectivity index (χ4n) is 4.59. The van der Waals surface area contributed by atoms with Gasteiger partial charge in [0.2, 0.25) is 0 Å². The van der Waals surface area contributed by atoms with Gasteiger partial charge in [0, 0.05) is 56.0 Å². The standard InChI is InChI=1S/C28H35FN4O/c1-3-4-13-25(34)20-32-14-16-33(17-15-32)28-26(19-22-9-8-12-24(29)18-22)21(2)30-27(31-28)23-10-6-5-7-11-23/h5-12,18,25,34H,3-4,13-17,19-20H2,1-2H3/t25-/m0/s1. The van der Waals surface area contributed by atoms with Crippen molar-refractivity contribution < 1.29 is 9.50 Å². The van der Waals surface area contributed by atoms with Crippen LogP contribution >= 0.6 is 0 Å². The molecule has 180 valence electrons. The Labute approximate surface area is 202 Å². The Hall–Kier alpha value is -2.83. The number of unbranched alkanes of at least 4 members (excludes halogenated alkanes) is 1. The maximum atomic E-state index is 13.9. The van der Waals surface area contributed by atoms with Crippen LogP contribution in [-0.2, 0) is 6.42 Å². The molecule has 0 saturated carbocycles. The van der Waals surface area contributed by atoms with Gasteiger partial charge in [-0.05, 0) is 31.0 Å². The van der Waals surface area contributed by atoms with Gasteiger partial charge < -0.3 is 10.0 Å². The summed E-state index contributed by atoms with van der Waals surface area (Å²) in [6.45, 7) is 8.33. The van der Waals surface area contributed by atoms with Crippen molar-refractivity contribution in [3.05, 3.63) is 77.2 Å². The van der Waals surface area contributed by atoms with Gasteiger partial charge in [0.1, 0.15) is 11.6 Å². The van der Waals surface area contributed by atoms with Crippen LogP contribution in [0.4, 0.5) is 10.2 Å². The lowest BCUT2D eigenvalue weighted by Crippen LogP contribution is -2.49. The molecule has 1 aliphatic rings. The van der Waals surface area contributed by atoms with Crippen molar-refractivity contribution in [3.63, 3.8) is 0 Å².